The van der Waals surface area contributed by atoms with Gasteiger partial charge < -0.3 is 10.5 Å². The number of ether oxygens (including phenoxy) is 1. The quantitative estimate of drug-likeness (QED) is 0.852. The Morgan fingerprint density at radius 3 is 2.33 bits per heavy atom. The molecule has 2 rings (SSSR count). The number of hydrogen-bond donors (Lipinski definition) is 1. The first-order valence-corrected chi connectivity index (χ1v) is 6.25. The monoisotopic (exact) mass is 297 g/mol. The minimum atomic E-state index is 0.349. The summed E-state index contributed by atoms with van der Waals surface area (Å²) >= 11 is 16.8. The van der Waals surface area contributed by atoms with Gasteiger partial charge in [-0.2, -0.15) is 0 Å². The van der Waals surface area contributed by atoms with Gasteiger partial charge in [0.25, 0.3) is 0 Å². The van der Waals surface area contributed by atoms with Crippen molar-refractivity contribution >= 4 is 40.4 Å². The highest BCUT2D eigenvalue weighted by Gasteiger charge is 2.04. The van der Waals surface area contributed by atoms with E-state index in [0.29, 0.717) is 26.5 Å². The third kappa shape index (κ3) is 3.13. The van der Waals surface area contributed by atoms with E-state index in [2.05, 4.69) is 0 Å². The summed E-state index contributed by atoms with van der Waals surface area (Å²) in [6, 6.07) is 12.2. The first-order valence-electron chi connectivity index (χ1n) is 5.09. The van der Waals surface area contributed by atoms with Crippen molar-refractivity contribution in [1.29, 1.82) is 0 Å². The van der Waals surface area contributed by atoms with Gasteiger partial charge in [0.15, 0.2) is 0 Å². The first-order chi connectivity index (χ1) is 8.56. The van der Waals surface area contributed by atoms with E-state index < -0.39 is 0 Å². The molecule has 2 aromatic carbocycles. The zero-order valence-corrected chi connectivity index (χ0v) is 11.5. The maximum absolute atomic E-state index is 6.00. The molecule has 5 heteroatoms. The average molecular weight is 298 g/mol. The topological polar surface area (TPSA) is 35.2 Å². The highest BCUT2D eigenvalue weighted by atomic mass is 35.5. The number of hydrogen-bond acceptors (Lipinski definition) is 2. The molecule has 2 nitrogen and oxygen atoms in total. The molecule has 0 fully saturated rings. The van der Waals surface area contributed by atoms with Crippen molar-refractivity contribution in [3.8, 4) is 11.5 Å². The van der Waals surface area contributed by atoms with Crippen molar-refractivity contribution in [3.05, 3.63) is 58.1 Å². The smallest absolute Gasteiger partial charge is 0.147 e. The van der Waals surface area contributed by atoms with Crippen molar-refractivity contribution in [1.82, 2.24) is 0 Å². The highest BCUT2D eigenvalue weighted by molar-refractivity contribution is 7.80. The van der Waals surface area contributed by atoms with Gasteiger partial charge in [-0.05, 0) is 36.4 Å². The lowest BCUT2D eigenvalue weighted by Gasteiger charge is -2.08. The van der Waals surface area contributed by atoms with Gasteiger partial charge >= 0.3 is 0 Å². The summed E-state index contributed by atoms with van der Waals surface area (Å²) in [5, 5.41) is 1.06. The fourth-order valence-electron chi connectivity index (χ4n) is 1.37. The fourth-order valence-corrected chi connectivity index (χ4v) is 1.82. The molecule has 0 spiro atoms. The second kappa shape index (κ2) is 5.57. The predicted molar refractivity (Wildman–Crippen MR) is 78.9 cm³/mol. The van der Waals surface area contributed by atoms with Crippen molar-refractivity contribution in [2.24, 2.45) is 5.73 Å². The average Bonchev–Trinajstić information content (AvgIpc) is 2.34. The van der Waals surface area contributed by atoms with Crippen LogP contribution in [0.2, 0.25) is 10.0 Å². The van der Waals surface area contributed by atoms with Gasteiger partial charge in [-0.25, -0.2) is 0 Å². The van der Waals surface area contributed by atoms with Crippen LogP contribution in [-0.4, -0.2) is 4.99 Å². The zero-order chi connectivity index (χ0) is 13.1. The lowest BCUT2D eigenvalue weighted by atomic mass is 10.2. The summed E-state index contributed by atoms with van der Waals surface area (Å²) in [7, 11) is 0. The summed E-state index contributed by atoms with van der Waals surface area (Å²) in [4.78, 5) is 0.349. The number of halogens is 2. The number of rotatable bonds is 3. The standard InChI is InChI=1S/C13H9Cl2NOS/c14-9-3-6-11(15)12(7-9)17-10-4-1-8(2-5-10)13(16)18/h1-7H,(H2,16,18). The Morgan fingerprint density at radius 1 is 1.06 bits per heavy atom. The van der Waals surface area contributed by atoms with Crippen molar-refractivity contribution in [2.45, 2.75) is 0 Å². The summed E-state index contributed by atoms with van der Waals surface area (Å²) in [6.45, 7) is 0. The van der Waals surface area contributed by atoms with Crippen LogP contribution >= 0.6 is 35.4 Å². The molecule has 92 valence electrons. The maximum atomic E-state index is 6.00. The molecule has 0 bridgehead atoms. The Balaban J connectivity index is 2.23. The summed E-state index contributed by atoms with van der Waals surface area (Å²) < 4.78 is 5.62. The third-order valence-electron chi connectivity index (χ3n) is 2.26. The second-order valence-electron chi connectivity index (χ2n) is 3.57. The van der Waals surface area contributed by atoms with E-state index in [4.69, 9.17) is 45.9 Å². The van der Waals surface area contributed by atoms with E-state index in [1.165, 1.54) is 0 Å². The minimum absolute atomic E-state index is 0.349. The molecular weight excluding hydrogens is 289 g/mol. The van der Waals surface area contributed by atoms with E-state index in [-0.39, 0.29) is 0 Å². The van der Waals surface area contributed by atoms with Gasteiger partial charge in [0.05, 0.1) is 5.02 Å². The van der Waals surface area contributed by atoms with Crippen molar-refractivity contribution in [3.63, 3.8) is 0 Å². The molecule has 0 aliphatic heterocycles. The Morgan fingerprint density at radius 2 is 1.72 bits per heavy atom. The van der Waals surface area contributed by atoms with Gasteiger partial charge in [0.1, 0.15) is 16.5 Å². The van der Waals surface area contributed by atoms with Crippen LogP contribution in [0.1, 0.15) is 5.56 Å². The van der Waals surface area contributed by atoms with E-state index in [0.717, 1.165) is 5.56 Å². The molecular formula is C13H9Cl2NOS. The highest BCUT2D eigenvalue weighted by Crippen LogP contribution is 2.31. The number of benzene rings is 2. The van der Waals surface area contributed by atoms with Crippen LogP contribution in [0.4, 0.5) is 0 Å². The zero-order valence-electron chi connectivity index (χ0n) is 9.19. The molecule has 0 aliphatic rings. The van der Waals surface area contributed by atoms with Gasteiger partial charge in [0, 0.05) is 16.7 Å². The molecule has 0 atom stereocenters. The second-order valence-corrected chi connectivity index (χ2v) is 4.85. The molecule has 2 N–H and O–H groups in total. The van der Waals surface area contributed by atoms with Crippen LogP contribution in [0, 0.1) is 0 Å². The van der Waals surface area contributed by atoms with Gasteiger partial charge in [-0.1, -0.05) is 35.4 Å². The third-order valence-corrected chi connectivity index (χ3v) is 3.04. The Hall–Kier alpha value is -1.29. The lowest BCUT2D eigenvalue weighted by molar-refractivity contribution is 0.483. The van der Waals surface area contributed by atoms with Crippen LogP contribution in [0.15, 0.2) is 42.5 Å². The van der Waals surface area contributed by atoms with Crippen LogP contribution in [0.25, 0.3) is 0 Å². The fraction of sp³-hybridized carbons (Fsp3) is 0. The van der Waals surface area contributed by atoms with Crippen LogP contribution < -0.4 is 10.5 Å². The summed E-state index contributed by atoms with van der Waals surface area (Å²) in [5.74, 6) is 1.14. The molecule has 0 aliphatic carbocycles. The minimum Gasteiger partial charge on any atom is -0.456 e. The normalized spacial score (nSPS) is 10.1. The lowest BCUT2D eigenvalue weighted by Crippen LogP contribution is -2.08. The molecule has 2 aromatic rings. The Labute approximate surface area is 120 Å². The largest absolute Gasteiger partial charge is 0.456 e. The van der Waals surface area contributed by atoms with E-state index in [1.54, 1.807) is 42.5 Å². The molecule has 0 unspecified atom stereocenters. The van der Waals surface area contributed by atoms with Gasteiger partial charge in [0.2, 0.25) is 0 Å². The number of nitrogens with two attached hydrogens (primary N) is 1. The van der Waals surface area contributed by atoms with Crippen molar-refractivity contribution < 1.29 is 4.74 Å². The number of thiocarbonyl (C=S) groups is 1. The van der Waals surface area contributed by atoms with Crippen LogP contribution in [0.3, 0.4) is 0 Å². The first kappa shape index (κ1) is 13.1. The molecule has 0 aromatic heterocycles. The van der Waals surface area contributed by atoms with Crippen LogP contribution in [0.5, 0.6) is 11.5 Å². The van der Waals surface area contributed by atoms with Crippen LogP contribution in [-0.2, 0) is 0 Å². The molecule has 0 saturated heterocycles. The van der Waals surface area contributed by atoms with E-state index >= 15 is 0 Å². The molecule has 0 heterocycles. The Kier molecular flexibility index (Phi) is 4.07. The van der Waals surface area contributed by atoms with Gasteiger partial charge in [-0.15, -0.1) is 0 Å². The summed E-state index contributed by atoms with van der Waals surface area (Å²) in [6.07, 6.45) is 0. The predicted octanol–water partition coefficient (Wildman–Crippen LogP) is 4.42. The molecule has 18 heavy (non-hydrogen) atoms. The Bertz CT molecular complexity index is 584. The SMILES string of the molecule is NC(=S)c1ccc(Oc2cc(Cl)ccc2Cl)cc1. The van der Waals surface area contributed by atoms with Gasteiger partial charge in [-0.3, -0.25) is 0 Å². The molecule has 0 saturated carbocycles. The molecule has 0 amide bonds. The van der Waals surface area contributed by atoms with E-state index in [9.17, 15) is 0 Å². The van der Waals surface area contributed by atoms with Crippen molar-refractivity contribution in [2.75, 3.05) is 0 Å². The molecule has 0 radical (unpaired) electrons. The summed E-state index contributed by atoms with van der Waals surface area (Å²) in [5.41, 5.74) is 6.30. The maximum Gasteiger partial charge on any atom is 0.147 e. The van der Waals surface area contributed by atoms with E-state index in [1.807, 2.05) is 0 Å².